The normalized spacial score (nSPS) is 18.1. The second-order valence-corrected chi connectivity index (χ2v) is 11.6. The van der Waals surface area contributed by atoms with Crippen molar-refractivity contribution in [2.75, 3.05) is 13.1 Å². The molecule has 0 spiro atoms. The van der Waals surface area contributed by atoms with Crippen LogP contribution in [0, 0.1) is 0 Å². The Hall–Kier alpha value is -4.61. The average molecular weight is 563 g/mol. The van der Waals surface area contributed by atoms with E-state index in [2.05, 4.69) is 43.0 Å². The molecule has 2 aliphatic heterocycles. The molecule has 0 radical (unpaired) electrons. The zero-order valence-corrected chi connectivity index (χ0v) is 23.0. The number of piperidine rings is 1. The van der Waals surface area contributed by atoms with Crippen molar-refractivity contribution in [3.05, 3.63) is 81.7 Å². The molecular weight excluding hydrogens is 536 g/mol. The lowest BCUT2D eigenvalue weighted by Gasteiger charge is -2.23. The fourth-order valence-corrected chi connectivity index (χ4v) is 6.41. The first-order valence-electron chi connectivity index (χ1n) is 13.7. The zero-order chi connectivity index (χ0) is 27.5. The summed E-state index contributed by atoms with van der Waals surface area (Å²) in [6.45, 7) is 3.52. The SMILES string of the molecule is CC(=O)c1ccc(C2=CC=C3NC3c3[nH]c(-c4n[nH]c5ccc(-c6cncc(OC7CCNCC7)c6)nc45)nc32)s1. The number of rotatable bonds is 6. The van der Waals surface area contributed by atoms with Crippen LogP contribution in [-0.2, 0) is 0 Å². The molecule has 8 rings (SSSR count). The van der Waals surface area contributed by atoms with Crippen molar-refractivity contribution >= 4 is 33.7 Å². The Labute approximate surface area is 239 Å². The van der Waals surface area contributed by atoms with Gasteiger partial charge in [-0.2, -0.15) is 5.10 Å². The van der Waals surface area contributed by atoms with Crippen LogP contribution in [0.1, 0.15) is 51.7 Å². The minimum absolute atomic E-state index is 0.0599. The molecule has 0 bridgehead atoms. The predicted octanol–water partition coefficient (Wildman–Crippen LogP) is 4.78. The number of hydrogen-bond acceptors (Lipinski definition) is 9. The molecule has 7 heterocycles. The predicted molar refractivity (Wildman–Crippen MR) is 157 cm³/mol. The lowest BCUT2D eigenvalue weighted by atomic mass is 10.1. The van der Waals surface area contributed by atoms with E-state index in [0.717, 1.165) is 86.4 Å². The third kappa shape index (κ3) is 4.34. The average Bonchev–Trinajstić information content (AvgIpc) is 3.30. The van der Waals surface area contributed by atoms with Crippen LogP contribution in [0.25, 0.3) is 39.4 Å². The van der Waals surface area contributed by atoms with Crippen LogP contribution < -0.4 is 15.4 Å². The maximum absolute atomic E-state index is 12.0. The van der Waals surface area contributed by atoms with E-state index in [1.54, 1.807) is 19.3 Å². The van der Waals surface area contributed by atoms with Gasteiger partial charge in [0.15, 0.2) is 17.3 Å². The van der Waals surface area contributed by atoms with Crippen molar-refractivity contribution in [3.8, 4) is 28.5 Å². The highest BCUT2D eigenvalue weighted by Gasteiger charge is 2.38. The van der Waals surface area contributed by atoms with Gasteiger partial charge in [0.1, 0.15) is 23.4 Å². The summed E-state index contributed by atoms with van der Waals surface area (Å²) in [6, 6.07) is 9.88. The van der Waals surface area contributed by atoms with E-state index in [0.29, 0.717) is 11.5 Å². The highest BCUT2D eigenvalue weighted by atomic mass is 32.1. The van der Waals surface area contributed by atoms with E-state index < -0.39 is 0 Å². The summed E-state index contributed by atoms with van der Waals surface area (Å²) in [7, 11) is 0. The molecule has 0 amide bonds. The number of aromatic amines is 2. The Kier molecular flexibility index (Phi) is 5.61. The van der Waals surface area contributed by atoms with E-state index in [1.165, 1.54) is 11.3 Å². The highest BCUT2D eigenvalue weighted by molar-refractivity contribution is 7.15. The quantitative estimate of drug-likeness (QED) is 0.171. The number of imidazole rings is 1. The van der Waals surface area contributed by atoms with Gasteiger partial charge in [0, 0.05) is 27.9 Å². The molecule has 41 heavy (non-hydrogen) atoms. The van der Waals surface area contributed by atoms with Crippen LogP contribution >= 0.6 is 11.3 Å². The number of Topliss-reactive ketones (excluding diaryl/α,β-unsaturated/α-hetero) is 1. The van der Waals surface area contributed by atoms with Gasteiger partial charge in [0.25, 0.3) is 0 Å². The van der Waals surface area contributed by atoms with Gasteiger partial charge in [-0.3, -0.25) is 14.9 Å². The maximum atomic E-state index is 12.0. The standard InChI is InChI=1S/C30H26N8O2S/c1-15(39)23-6-7-24(41-23)19-2-3-21-26(34-21)28-25(19)35-30(36-28)29-27-22(37-38-29)5-4-20(33-27)16-12-18(14-32-13-16)40-17-8-10-31-11-9-17/h2-7,12-14,17,26,31,34H,8-11H2,1H3,(H,35,36)(H,37,38). The first-order valence-corrected chi connectivity index (χ1v) is 14.5. The molecule has 5 aromatic heterocycles. The number of nitrogens with zero attached hydrogens (tertiary/aromatic N) is 4. The lowest BCUT2D eigenvalue weighted by Crippen LogP contribution is -2.34. The van der Waals surface area contributed by atoms with Crippen molar-refractivity contribution in [3.63, 3.8) is 0 Å². The van der Waals surface area contributed by atoms with Gasteiger partial charge in [-0.1, -0.05) is 0 Å². The third-order valence-electron chi connectivity index (χ3n) is 7.69. The Morgan fingerprint density at radius 2 is 1.95 bits per heavy atom. The van der Waals surface area contributed by atoms with Crippen molar-refractivity contribution in [1.29, 1.82) is 0 Å². The number of hydrogen-bond donors (Lipinski definition) is 4. The number of ketones is 1. The van der Waals surface area contributed by atoms with Crippen molar-refractivity contribution < 1.29 is 9.53 Å². The molecule has 1 unspecified atom stereocenters. The van der Waals surface area contributed by atoms with Gasteiger partial charge in [-0.25, -0.2) is 9.97 Å². The Morgan fingerprint density at radius 3 is 2.80 bits per heavy atom. The number of ether oxygens (including phenoxy) is 1. The largest absolute Gasteiger partial charge is 0.489 e. The number of H-pyrrole nitrogens is 2. The van der Waals surface area contributed by atoms with E-state index in [4.69, 9.17) is 14.7 Å². The smallest absolute Gasteiger partial charge is 0.169 e. The maximum Gasteiger partial charge on any atom is 0.169 e. The van der Waals surface area contributed by atoms with Crippen molar-refractivity contribution in [2.24, 2.45) is 0 Å². The molecule has 4 N–H and O–H groups in total. The Balaban J connectivity index is 1.15. The number of allylic oxidation sites excluding steroid dienone is 2. The van der Waals surface area contributed by atoms with E-state index in [1.807, 2.05) is 30.3 Å². The lowest BCUT2D eigenvalue weighted by molar-refractivity contribution is 0.102. The van der Waals surface area contributed by atoms with Crippen LogP contribution in [0.4, 0.5) is 0 Å². The van der Waals surface area contributed by atoms with Crippen LogP contribution in [0.15, 0.2) is 60.6 Å². The molecule has 204 valence electrons. The Morgan fingerprint density at radius 1 is 1.05 bits per heavy atom. The molecule has 5 aromatic rings. The monoisotopic (exact) mass is 562 g/mol. The summed E-state index contributed by atoms with van der Waals surface area (Å²) in [5.74, 6) is 1.45. The first kappa shape index (κ1) is 24.2. The van der Waals surface area contributed by atoms with Gasteiger partial charge in [0.2, 0.25) is 0 Å². The van der Waals surface area contributed by atoms with Gasteiger partial charge >= 0.3 is 0 Å². The summed E-state index contributed by atoms with van der Waals surface area (Å²) in [5, 5.41) is 14.5. The minimum Gasteiger partial charge on any atom is -0.489 e. The first-order chi connectivity index (χ1) is 20.1. The third-order valence-corrected chi connectivity index (χ3v) is 8.91. The van der Waals surface area contributed by atoms with Crippen LogP contribution in [0.2, 0.25) is 0 Å². The van der Waals surface area contributed by atoms with E-state index >= 15 is 0 Å². The molecule has 2 fully saturated rings. The van der Waals surface area contributed by atoms with E-state index in [-0.39, 0.29) is 17.9 Å². The molecule has 0 saturated carbocycles. The topological polar surface area (TPSA) is 143 Å². The second kappa shape index (κ2) is 9.50. The van der Waals surface area contributed by atoms with Crippen LogP contribution in [0.3, 0.4) is 0 Å². The number of nitrogens with one attached hydrogen (secondary N) is 4. The fraction of sp³-hybridized carbons (Fsp3) is 0.233. The number of carbonyl (C=O) groups excluding carboxylic acids is 1. The van der Waals surface area contributed by atoms with Crippen molar-refractivity contribution in [2.45, 2.75) is 31.9 Å². The van der Waals surface area contributed by atoms with Crippen LogP contribution in [0.5, 0.6) is 5.75 Å². The summed E-state index contributed by atoms with van der Waals surface area (Å²) in [6.07, 6.45) is 9.87. The molecule has 3 aliphatic rings. The molecule has 1 aliphatic carbocycles. The molecule has 0 aromatic carbocycles. The Bertz CT molecular complexity index is 1890. The summed E-state index contributed by atoms with van der Waals surface area (Å²) in [5.41, 5.74) is 7.77. The summed E-state index contributed by atoms with van der Waals surface area (Å²) >= 11 is 1.48. The van der Waals surface area contributed by atoms with Gasteiger partial charge in [-0.15, -0.1) is 11.3 Å². The summed E-state index contributed by atoms with van der Waals surface area (Å²) in [4.78, 5) is 31.7. The van der Waals surface area contributed by atoms with Crippen molar-refractivity contribution in [1.82, 2.24) is 40.8 Å². The van der Waals surface area contributed by atoms with Crippen LogP contribution in [-0.4, -0.2) is 55.1 Å². The second-order valence-electron chi connectivity index (χ2n) is 10.5. The van der Waals surface area contributed by atoms with Gasteiger partial charge < -0.3 is 20.4 Å². The van der Waals surface area contributed by atoms with E-state index in [9.17, 15) is 4.79 Å². The molecular formula is C30H26N8O2S. The molecule has 1 atom stereocenters. The minimum atomic E-state index is 0.0599. The number of pyridine rings is 2. The molecule has 11 heteroatoms. The summed E-state index contributed by atoms with van der Waals surface area (Å²) < 4.78 is 6.22. The number of thiophene rings is 1. The fourth-order valence-electron chi connectivity index (χ4n) is 5.49. The zero-order valence-electron chi connectivity index (χ0n) is 22.2. The highest BCUT2D eigenvalue weighted by Crippen LogP contribution is 2.43. The van der Waals surface area contributed by atoms with Gasteiger partial charge in [-0.05, 0) is 75.3 Å². The van der Waals surface area contributed by atoms with Gasteiger partial charge in [0.05, 0.1) is 33.7 Å². The number of aromatic nitrogens is 6. The number of carbonyl (C=O) groups is 1. The molecule has 10 nitrogen and oxygen atoms in total. The molecule has 2 saturated heterocycles. The number of fused-ring (bicyclic) bond motifs is 4.